The SMILES string of the molecule is NC(=O)c1ccccc1NC(=O)NCCCOc1ccccc1Cl. The number of halogens is 1. The quantitative estimate of drug-likeness (QED) is 0.672. The highest BCUT2D eigenvalue weighted by atomic mass is 35.5. The Balaban J connectivity index is 1.72. The molecule has 0 saturated heterocycles. The molecule has 0 bridgehead atoms. The van der Waals surface area contributed by atoms with E-state index in [2.05, 4.69) is 10.6 Å². The van der Waals surface area contributed by atoms with Gasteiger partial charge in [0.05, 0.1) is 22.9 Å². The molecule has 2 rings (SSSR count). The van der Waals surface area contributed by atoms with E-state index in [4.69, 9.17) is 22.1 Å². The lowest BCUT2D eigenvalue weighted by atomic mass is 10.1. The van der Waals surface area contributed by atoms with Crippen molar-refractivity contribution in [1.82, 2.24) is 5.32 Å². The van der Waals surface area contributed by atoms with E-state index in [0.717, 1.165) is 0 Å². The lowest BCUT2D eigenvalue weighted by Gasteiger charge is -2.11. The molecule has 6 nitrogen and oxygen atoms in total. The van der Waals surface area contributed by atoms with Gasteiger partial charge < -0.3 is 21.1 Å². The van der Waals surface area contributed by atoms with E-state index in [1.54, 1.807) is 36.4 Å². The fourth-order valence-corrected chi connectivity index (χ4v) is 2.18. The van der Waals surface area contributed by atoms with Gasteiger partial charge in [-0.25, -0.2) is 4.79 Å². The number of amides is 3. The molecule has 0 aliphatic carbocycles. The van der Waals surface area contributed by atoms with Crippen molar-refractivity contribution in [2.75, 3.05) is 18.5 Å². The van der Waals surface area contributed by atoms with Crippen LogP contribution >= 0.6 is 11.6 Å². The minimum atomic E-state index is -0.598. The van der Waals surface area contributed by atoms with E-state index < -0.39 is 11.9 Å². The molecule has 0 aliphatic rings. The molecule has 0 unspecified atom stereocenters. The summed E-state index contributed by atoms with van der Waals surface area (Å²) < 4.78 is 5.52. The third-order valence-electron chi connectivity index (χ3n) is 3.14. The maximum atomic E-state index is 11.8. The van der Waals surface area contributed by atoms with Gasteiger partial charge in [0.1, 0.15) is 5.75 Å². The summed E-state index contributed by atoms with van der Waals surface area (Å²) in [4.78, 5) is 23.1. The summed E-state index contributed by atoms with van der Waals surface area (Å²) >= 11 is 5.98. The zero-order valence-corrected chi connectivity index (χ0v) is 13.7. The molecule has 0 fully saturated rings. The number of carbonyl (C=O) groups excluding carboxylic acids is 2. The fraction of sp³-hybridized carbons (Fsp3) is 0.176. The third-order valence-corrected chi connectivity index (χ3v) is 3.45. The first kappa shape index (κ1) is 17.6. The molecule has 0 atom stereocenters. The van der Waals surface area contributed by atoms with Crippen molar-refractivity contribution in [2.45, 2.75) is 6.42 Å². The number of benzene rings is 2. The Hall–Kier alpha value is -2.73. The zero-order chi connectivity index (χ0) is 17.4. The number of urea groups is 1. The molecule has 0 heterocycles. The Morgan fingerprint density at radius 1 is 1.08 bits per heavy atom. The van der Waals surface area contributed by atoms with E-state index in [1.807, 2.05) is 12.1 Å². The Kier molecular flexibility index (Phi) is 6.45. The first-order valence-corrected chi connectivity index (χ1v) is 7.76. The largest absolute Gasteiger partial charge is 0.492 e. The average molecular weight is 348 g/mol. The molecule has 7 heteroatoms. The predicted molar refractivity (Wildman–Crippen MR) is 93.5 cm³/mol. The van der Waals surface area contributed by atoms with Crippen LogP contribution in [-0.2, 0) is 0 Å². The predicted octanol–water partition coefficient (Wildman–Crippen LogP) is 3.03. The van der Waals surface area contributed by atoms with Crippen LogP contribution in [-0.4, -0.2) is 25.1 Å². The number of anilines is 1. The summed E-state index contributed by atoms with van der Waals surface area (Å²) in [6.45, 7) is 0.830. The van der Waals surface area contributed by atoms with Gasteiger partial charge in [-0.05, 0) is 30.7 Å². The highest BCUT2D eigenvalue weighted by Crippen LogP contribution is 2.22. The minimum absolute atomic E-state index is 0.259. The van der Waals surface area contributed by atoms with Gasteiger partial charge >= 0.3 is 6.03 Å². The Bertz CT molecular complexity index is 722. The summed E-state index contributed by atoms with van der Waals surface area (Å²) in [5.41, 5.74) is 5.89. The molecule has 0 spiro atoms. The lowest BCUT2D eigenvalue weighted by Crippen LogP contribution is -2.31. The topological polar surface area (TPSA) is 93.5 Å². The van der Waals surface area contributed by atoms with Gasteiger partial charge in [0.2, 0.25) is 0 Å². The summed E-state index contributed by atoms with van der Waals surface area (Å²) in [5, 5.41) is 5.83. The Morgan fingerprint density at radius 3 is 2.54 bits per heavy atom. The van der Waals surface area contributed by atoms with Crippen LogP contribution in [0.15, 0.2) is 48.5 Å². The number of nitrogens with one attached hydrogen (secondary N) is 2. The second kappa shape index (κ2) is 8.79. The van der Waals surface area contributed by atoms with Crippen LogP contribution in [0.4, 0.5) is 10.5 Å². The molecule has 3 amide bonds. The molecular formula is C17H18ClN3O3. The van der Waals surface area contributed by atoms with Gasteiger partial charge in [0, 0.05) is 6.54 Å². The molecule has 24 heavy (non-hydrogen) atoms. The average Bonchev–Trinajstić information content (AvgIpc) is 2.56. The maximum absolute atomic E-state index is 11.8. The molecule has 2 aromatic carbocycles. The first-order chi connectivity index (χ1) is 11.6. The van der Waals surface area contributed by atoms with Crippen LogP contribution in [0.2, 0.25) is 5.02 Å². The van der Waals surface area contributed by atoms with Crippen LogP contribution in [0.1, 0.15) is 16.8 Å². The molecule has 2 aromatic rings. The van der Waals surface area contributed by atoms with E-state index in [0.29, 0.717) is 36.0 Å². The summed E-state index contributed by atoms with van der Waals surface area (Å²) in [7, 11) is 0. The molecule has 0 radical (unpaired) electrons. The molecule has 0 aromatic heterocycles. The van der Waals surface area contributed by atoms with Crippen molar-refractivity contribution in [3.8, 4) is 5.75 Å². The van der Waals surface area contributed by atoms with E-state index in [-0.39, 0.29) is 5.56 Å². The van der Waals surface area contributed by atoms with Gasteiger partial charge in [0.25, 0.3) is 5.91 Å². The van der Waals surface area contributed by atoms with Crippen LogP contribution in [0.5, 0.6) is 5.75 Å². The van der Waals surface area contributed by atoms with Gasteiger partial charge in [-0.2, -0.15) is 0 Å². The van der Waals surface area contributed by atoms with Crippen LogP contribution in [0, 0.1) is 0 Å². The van der Waals surface area contributed by atoms with Crippen molar-refractivity contribution >= 4 is 29.2 Å². The number of carbonyl (C=O) groups is 2. The Labute approximate surface area is 144 Å². The molecule has 0 saturated carbocycles. The number of hydrogen-bond donors (Lipinski definition) is 3. The number of para-hydroxylation sites is 2. The smallest absolute Gasteiger partial charge is 0.319 e. The zero-order valence-electron chi connectivity index (χ0n) is 12.9. The Morgan fingerprint density at radius 2 is 1.79 bits per heavy atom. The number of rotatable bonds is 7. The molecule has 126 valence electrons. The van der Waals surface area contributed by atoms with E-state index in [9.17, 15) is 9.59 Å². The number of primary amides is 1. The monoisotopic (exact) mass is 347 g/mol. The first-order valence-electron chi connectivity index (χ1n) is 7.39. The lowest BCUT2D eigenvalue weighted by molar-refractivity contribution is 0.100. The normalized spacial score (nSPS) is 10.0. The van der Waals surface area contributed by atoms with Crippen molar-refractivity contribution < 1.29 is 14.3 Å². The number of ether oxygens (including phenoxy) is 1. The number of hydrogen-bond acceptors (Lipinski definition) is 3. The molecule has 4 N–H and O–H groups in total. The fourth-order valence-electron chi connectivity index (χ4n) is 1.99. The van der Waals surface area contributed by atoms with E-state index >= 15 is 0 Å². The third kappa shape index (κ3) is 5.17. The second-order valence-electron chi connectivity index (χ2n) is 4.92. The maximum Gasteiger partial charge on any atom is 0.319 e. The second-order valence-corrected chi connectivity index (χ2v) is 5.33. The highest BCUT2D eigenvalue weighted by molar-refractivity contribution is 6.32. The van der Waals surface area contributed by atoms with Crippen molar-refractivity contribution in [3.05, 3.63) is 59.1 Å². The summed E-state index contributed by atoms with van der Waals surface area (Å²) in [6.07, 6.45) is 0.607. The summed E-state index contributed by atoms with van der Waals surface area (Å²) in [6, 6.07) is 13.3. The summed E-state index contributed by atoms with van der Waals surface area (Å²) in [5.74, 6) is 0.0121. The van der Waals surface area contributed by atoms with Gasteiger partial charge in [-0.15, -0.1) is 0 Å². The van der Waals surface area contributed by atoms with Crippen molar-refractivity contribution in [3.63, 3.8) is 0 Å². The van der Waals surface area contributed by atoms with Crippen molar-refractivity contribution in [2.24, 2.45) is 5.73 Å². The van der Waals surface area contributed by atoms with Gasteiger partial charge in [-0.1, -0.05) is 35.9 Å². The van der Waals surface area contributed by atoms with Crippen LogP contribution in [0.3, 0.4) is 0 Å². The molecule has 0 aliphatic heterocycles. The van der Waals surface area contributed by atoms with Crippen LogP contribution < -0.4 is 21.1 Å². The molecular weight excluding hydrogens is 330 g/mol. The van der Waals surface area contributed by atoms with Crippen LogP contribution in [0.25, 0.3) is 0 Å². The minimum Gasteiger partial charge on any atom is -0.492 e. The highest BCUT2D eigenvalue weighted by Gasteiger charge is 2.09. The standard InChI is InChI=1S/C17H18ClN3O3/c18-13-7-2-4-9-15(13)24-11-5-10-20-17(23)21-14-8-3-1-6-12(14)16(19)22/h1-4,6-9H,5,10-11H2,(H2,19,22)(H2,20,21,23). The van der Waals surface area contributed by atoms with E-state index in [1.165, 1.54) is 0 Å². The van der Waals surface area contributed by atoms with Crippen molar-refractivity contribution in [1.29, 1.82) is 0 Å². The van der Waals surface area contributed by atoms with Gasteiger partial charge in [0.15, 0.2) is 0 Å². The number of nitrogens with two attached hydrogens (primary N) is 1. The van der Waals surface area contributed by atoms with Gasteiger partial charge in [-0.3, -0.25) is 4.79 Å².